The second-order valence-electron chi connectivity index (χ2n) is 4.09. The molecule has 1 unspecified atom stereocenters. The highest BCUT2D eigenvalue weighted by Crippen LogP contribution is 2.30. The quantitative estimate of drug-likeness (QED) is 0.835. The number of hydrogen-bond acceptors (Lipinski definition) is 6. The number of aromatic nitrogens is 2. The summed E-state index contributed by atoms with van der Waals surface area (Å²) in [5.41, 5.74) is 5.90. The van der Waals surface area contributed by atoms with Gasteiger partial charge in [-0.1, -0.05) is 27.3 Å². The standard InChI is InChI=1S/C12H12BrFN4O2S/c1-20-5-9(15)10(19)16-12-18-17-11(21-12)7-4-6(13)2-3-8(7)14/h2-4,9H,5,15H2,1H3,(H,16,18,19). The fourth-order valence-corrected chi connectivity index (χ4v) is 2.62. The summed E-state index contributed by atoms with van der Waals surface area (Å²) in [6.07, 6.45) is 0. The van der Waals surface area contributed by atoms with Crippen molar-refractivity contribution in [3.05, 3.63) is 28.5 Å². The minimum atomic E-state index is -0.801. The van der Waals surface area contributed by atoms with E-state index in [2.05, 4.69) is 31.4 Å². The van der Waals surface area contributed by atoms with E-state index in [0.29, 0.717) is 10.6 Å². The first-order chi connectivity index (χ1) is 10.0. The molecule has 9 heteroatoms. The Hall–Kier alpha value is -1.42. The summed E-state index contributed by atoms with van der Waals surface area (Å²) in [5, 5.41) is 10.8. The Balaban J connectivity index is 2.15. The molecule has 21 heavy (non-hydrogen) atoms. The normalized spacial score (nSPS) is 12.2. The summed E-state index contributed by atoms with van der Waals surface area (Å²) < 4.78 is 19.3. The number of nitrogens with two attached hydrogens (primary N) is 1. The zero-order chi connectivity index (χ0) is 15.4. The van der Waals surface area contributed by atoms with Crippen LogP contribution in [0.3, 0.4) is 0 Å². The number of benzene rings is 1. The Morgan fingerprint density at radius 2 is 2.33 bits per heavy atom. The van der Waals surface area contributed by atoms with Gasteiger partial charge >= 0.3 is 0 Å². The van der Waals surface area contributed by atoms with Crippen LogP contribution in [-0.4, -0.2) is 35.9 Å². The summed E-state index contributed by atoms with van der Waals surface area (Å²) >= 11 is 4.33. The molecule has 0 saturated heterocycles. The lowest BCUT2D eigenvalue weighted by molar-refractivity contribution is -0.118. The molecule has 0 bridgehead atoms. The Morgan fingerprint density at radius 1 is 1.57 bits per heavy atom. The lowest BCUT2D eigenvalue weighted by atomic mass is 10.2. The summed E-state index contributed by atoms with van der Waals surface area (Å²) in [7, 11) is 1.45. The van der Waals surface area contributed by atoms with Crippen molar-refractivity contribution in [3.8, 4) is 10.6 Å². The molecule has 0 aliphatic carbocycles. The van der Waals surface area contributed by atoms with Crippen molar-refractivity contribution < 1.29 is 13.9 Å². The number of anilines is 1. The van der Waals surface area contributed by atoms with Gasteiger partial charge in [0, 0.05) is 17.1 Å². The number of carbonyl (C=O) groups excluding carboxylic acids is 1. The predicted octanol–water partition coefficient (Wildman–Crippen LogP) is 2.02. The Labute approximate surface area is 132 Å². The molecule has 2 rings (SSSR count). The van der Waals surface area contributed by atoms with Crippen molar-refractivity contribution >= 4 is 38.3 Å². The molecule has 1 heterocycles. The fraction of sp³-hybridized carbons (Fsp3) is 0.250. The molecule has 2 aromatic rings. The molecule has 1 aromatic heterocycles. The van der Waals surface area contributed by atoms with Crippen LogP contribution in [0, 0.1) is 5.82 Å². The molecule has 0 aliphatic rings. The van der Waals surface area contributed by atoms with Crippen molar-refractivity contribution in [1.82, 2.24) is 10.2 Å². The first-order valence-electron chi connectivity index (χ1n) is 5.85. The van der Waals surface area contributed by atoms with Gasteiger partial charge in [-0.3, -0.25) is 10.1 Å². The van der Waals surface area contributed by atoms with Crippen LogP contribution in [0.2, 0.25) is 0 Å². The Bertz CT molecular complexity index is 652. The number of nitrogens with zero attached hydrogens (tertiary/aromatic N) is 2. The first-order valence-corrected chi connectivity index (χ1v) is 7.46. The minimum absolute atomic E-state index is 0.0950. The van der Waals surface area contributed by atoms with Gasteiger partial charge in [0.15, 0.2) is 5.01 Å². The van der Waals surface area contributed by atoms with Crippen molar-refractivity contribution in [2.24, 2.45) is 5.73 Å². The number of ether oxygens (including phenoxy) is 1. The van der Waals surface area contributed by atoms with Crippen LogP contribution < -0.4 is 11.1 Å². The highest BCUT2D eigenvalue weighted by Gasteiger charge is 2.17. The number of methoxy groups -OCH3 is 1. The maximum Gasteiger partial charge on any atom is 0.245 e. The van der Waals surface area contributed by atoms with Gasteiger partial charge in [-0.15, -0.1) is 10.2 Å². The molecule has 1 aromatic carbocycles. The van der Waals surface area contributed by atoms with Gasteiger partial charge in [-0.25, -0.2) is 4.39 Å². The average Bonchev–Trinajstić information content (AvgIpc) is 2.90. The zero-order valence-corrected chi connectivity index (χ0v) is 13.4. The largest absolute Gasteiger partial charge is 0.383 e. The number of halogens is 2. The van der Waals surface area contributed by atoms with Crippen molar-refractivity contribution in [2.45, 2.75) is 6.04 Å². The van der Waals surface area contributed by atoms with Crippen LogP contribution in [0.4, 0.5) is 9.52 Å². The smallest absolute Gasteiger partial charge is 0.245 e. The maximum atomic E-state index is 13.7. The Kier molecular flexibility index (Phi) is 5.34. The van der Waals surface area contributed by atoms with E-state index >= 15 is 0 Å². The summed E-state index contributed by atoms with van der Waals surface area (Å²) in [6.45, 7) is 0.0950. The molecule has 0 radical (unpaired) electrons. The maximum absolute atomic E-state index is 13.7. The minimum Gasteiger partial charge on any atom is -0.383 e. The van der Waals surface area contributed by atoms with Crippen molar-refractivity contribution in [3.63, 3.8) is 0 Å². The summed E-state index contributed by atoms with van der Waals surface area (Å²) in [6, 6.07) is 3.71. The van der Waals surface area contributed by atoms with Gasteiger partial charge in [0.05, 0.1) is 6.61 Å². The van der Waals surface area contributed by atoms with Gasteiger partial charge in [0.2, 0.25) is 11.0 Å². The van der Waals surface area contributed by atoms with E-state index in [0.717, 1.165) is 15.8 Å². The lowest BCUT2D eigenvalue weighted by Crippen LogP contribution is -2.39. The van der Waals surface area contributed by atoms with Crippen LogP contribution in [-0.2, 0) is 9.53 Å². The molecule has 0 fully saturated rings. The second kappa shape index (κ2) is 7.03. The molecular weight excluding hydrogens is 363 g/mol. The van der Waals surface area contributed by atoms with Crippen molar-refractivity contribution in [2.75, 3.05) is 19.0 Å². The van der Waals surface area contributed by atoms with E-state index in [1.54, 1.807) is 12.1 Å². The van der Waals surface area contributed by atoms with Gasteiger partial charge in [0.25, 0.3) is 0 Å². The molecule has 1 amide bonds. The highest BCUT2D eigenvalue weighted by molar-refractivity contribution is 9.10. The molecule has 1 atom stereocenters. The monoisotopic (exact) mass is 374 g/mol. The van der Waals surface area contributed by atoms with Crippen LogP contribution in [0.1, 0.15) is 0 Å². The zero-order valence-electron chi connectivity index (χ0n) is 11.0. The fourth-order valence-electron chi connectivity index (χ4n) is 1.50. The third-order valence-corrected chi connectivity index (χ3v) is 3.86. The van der Waals surface area contributed by atoms with Gasteiger partial charge < -0.3 is 10.5 Å². The third-order valence-electron chi connectivity index (χ3n) is 2.50. The van der Waals surface area contributed by atoms with Crippen molar-refractivity contribution in [1.29, 1.82) is 0 Å². The van der Waals surface area contributed by atoms with E-state index < -0.39 is 17.8 Å². The highest BCUT2D eigenvalue weighted by atomic mass is 79.9. The van der Waals surface area contributed by atoms with E-state index in [9.17, 15) is 9.18 Å². The lowest BCUT2D eigenvalue weighted by Gasteiger charge is -2.08. The van der Waals surface area contributed by atoms with Gasteiger partial charge in [-0.2, -0.15) is 0 Å². The number of amides is 1. The number of hydrogen-bond donors (Lipinski definition) is 2. The van der Waals surface area contributed by atoms with Crippen LogP contribution in [0.25, 0.3) is 10.6 Å². The molecule has 3 N–H and O–H groups in total. The topological polar surface area (TPSA) is 90.1 Å². The van der Waals surface area contributed by atoms with E-state index in [1.165, 1.54) is 13.2 Å². The van der Waals surface area contributed by atoms with E-state index in [1.807, 2.05) is 0 Å². The predicted molar refractivity (Wildman–Crippen MR) is 81.5 cm³/mol. The van der Waals surface area contributed by atoms with E-state index in [4.69, 9.17) is 10.5 Å². The number of carbonyl (C=O) groups is 1. The number of nitrogens with one attached hydrogen (secondary N) is 1. The molecular formula is C12H12BrFN4O2S. The summed E-state index contributed by atoms with van der Waals surface area (Å²) in [5.74, 6) is -0.849. The van der Waals surface area contributed by atoms with Crippen LogP contribution in [0.5, 0.6) is 0 Å². The first kappa shape index (κ1) is 16.0. The van der Waals surface area contributed by atoms with Gasteiger partial charge in [0.1, 0.15) is 11.9 Å². The number of rotatable bonds is 5. The Morgan fingerprint density at radius 3 is 3.05 bits per heavy atom. The molecule has 112 valence electrons. The molecule has 0 saturated carbocycles. The second-order valence-corrected chi connectivity index (χ2v) is 5.98. The molecule has 0 spiro atoms. The third kappa shape index (κ3) is 4.03. The SMILES string of the molecule is COCC(N)C(=O)Nc1nnc(-c2cc(Br)ccc2F)s1. The molecule has 6 nitrogen and oxygen atoms in total. The van der Waals surface area contributed by atoms with E-state index in [-0.39, 0.29) is 11.7 Å². The summed E-state index contributed by atoms with van der Waals surface area (Å²) in [4.78, 5) is 11.7. The molecule has 0 aliphatic heterocycles. The van der Waals surface area contributed by atoms with Gasteiger partial charge in [-0.05, 0) is 18.2 Å². The average molecular weight is 375 g/mol. The van der Waals surface area contributed by atoms with Crippen LogP contribution in [0.15, 0.2) is 22.7 Å². The van der Waals surface area contributed by atoms with Crippen LogP contribution >= 0.6 is 27.3 Å².